The van der Waals surface area contributed by atoms with Crippen molar-refractivity contribution in [3.63, 3.8) is 0 Å². The van der Waals surface area contributed by atoms with Crippen LogP contribution in [0.3, 0.4) is 0 Å². The first kappa shape index (κ1) is 21.3. The molecule has 2 atom stereocenters. The van der Waals surface area contributed by atoms with Crippen LogP contribution in [0.1, 0.15) is 61.0 Å². The van der Waals surface area contributed by atoms with E-state index in [1.165, 1.54) is 15.6 Å². The van der Waals surface area contributed by atoms with E-state index in [0.717, 1.165) is 25.9 Å². The average molecular weight is 405 g/mol. The molecule has 1 aromatic rings. The van der Waals surface area contributed by atoms with Gasteiger partial charge in [-0.05, 0) is 32.1 Å². The van der Waals surface area contributed by atoms with Gasteiger partial charge in [0.1, 0.15) is 11.2 Å². The Bertz CT molecular complexity index is 784. The van der Waals surface area contributed by atoms with Gasteiger partial charge in [0.25, 0.3) is 11.8 Å². The maximum absolute atomic E-state index is 12.9. The van der Waals surface area contributed by atoms with Crippen molar-refractivity contribution in [3.05, 3.63) is 17.5 Å². The molecule has 9 nitrogen and oxygen atoms in total. The number of hydrogen-bond donors (Lipinski definition) is 2. The standard InChI is InChI=1S/C20H31N5O4/c1-13(2)7-8-21-19(28)20(3)12-25-16(18(27)24(20)4)10-15(23-25)17(26)22-11-14-6-5-9-29-14/h10,13-14H,5-9,11-12H2,1-4H3,(H,21,28)(H,22,26)/t14-,20-/m1/s1. The summed E-state index contributed by atoms with van der Waals surface area (Å²) in [6, 6.07) is 1.49. The van der Waals surface area contributed by atoms with Crippen LogP contribution in [-0.2, 0) is 16.1 Å². The Balaban J connectivity index is 1.70. The summed E-state index contributed by atoms with van der Waals surface area (Å²) in [5.74, 6) is -0.425. The van der Waals surface area contributed by atoms with Gasteiger partial charge >= 0.3 is 0 Å². The van der Waals surface area contributed by atoms with Gasteiger partial charge < -0.3 is 20.3 Å². The zero-order valence-corrected chi connectivity index (χ0v) is 17.7. The minimum atomic E-state index is -1.07. The molecule has 0 aromatic carbocycles. The van der Waals surface area contributed by atoms with Crippen molar-refractivity contribution in [2.45, 2.75) is 58.2 Å². The largest absolute Gasteiger partial charge is 0.376 e. The fourth-order valence-electron chi connectivity index (χ4n) is 3.61. The van der Waals surface area contributed by atoms with E-state index in [0.29, 0.717) is 24.7 Å². The zero-order chi connectivity index (χ0) is 21.2. The molecule has 0 unspecified atom stereocenters. The maximum atomic E-state index is 12.9. The van der Waals surface area contributed by atoms with Crippen LogP contribution in [-0.4, -0.2) is 70.8 Å². The molecule has 1 aromatic heterocycles. The number of rotatable bonds is 7. The predicted octanol–water partition coefficient (Wildman–Crippen LogP) is 0.799. The highest BCUT2D eigenvalue weighted by molar-refractivity contribution is 6.01. The van der Waals surface area contributed by atoms with Gasteiger partial charge in [0.15, 0.2) is 5.69 Å². The van der Waals surface area contributed by atoms with Gasteiger partial charge in [-0.25, -0.2) is 0 Å². The van der Waals surface area contributed by atoms with Crippen molar-refractivity contribution in [1.82, 2.24) is 25.3 Å². The molecule has 1 fully saturated rings. The Kier molecular flexibility index (Phi) is 6.26. The Labute approximate surface area is 171 Å². The molecule has 0 radical (unpaired) electrons. The highest BCUT2D eigenvalue weighted by Crippen LogP contribution is 2.26. The number of carbonyl (C=O) groups excluding carboxylic acids is 3. The van der Waals surface area contributed by atoms with Crippen molar-refractivity contribution < 1.29 is 19.1 Å². The minimum absolute atomic E-state index is 0.0294. The second-order valence-corrected chi connectivity index (χ2v) is 8.49. The molecule has 0 saturated carbocycles. The molecule has 2 N–H and O–H groups in total. The fraction of sp³-hybridized carbons (Fsp3) is 0.700. The van der Waals surface area contributed by atoms with Crippen LogP contribution >= 0.6 is 0 Å². The number of nitrogens with zero attached hydrogens (tertiary/aromatic N) is 3. The zero-order valence-electron chi connectivity index (χ0n) is 17.7. The van der Waals surface area contributed by atoms with Crippen LogP contribution in [0.2, 0.25) is 0 Å². The molecule has 9 heteroatoms. The van der Waals surface area contributed by atoms with Crippen molar-refractivity contribution in [2.75, 3.05) is 26.7 Å². The summed E-state index contributed by atoms with van der Waals surface area (Å²) in [6.07, 6.45) is 2.81. The third kappa shape index (κ3) is 4.44. The molecule has 3 amide bonds. The van der Waals surface area contributed by atoms with Crippen LogP contribution in [0.15, 0.2) is 6.07 Å². The molecule has 2 aliphatic rings. The highest BCUT2D eigenvalue weighted by Gasteiger charge is 2.46. The number of carbonyl (C=O) groups is 3. The van der Waals surface area contributed by atoms with E-state index in [-0.39, 0.29) is 36.1 Å². The van der Waals surface area contributed by atoms with Gasteiger partial charge in [-0.15, -0.1) is 0 Å². The molecule has 0 aliphatic carbocycles. The SMILES string of the molecule is CC(C)CCNC(=O)[C@@]1(C)Cn2nc(C(=O)NC[C@H]3CCCO3)cc2C(=O)N1C. The van der Waals surface area contributed by atoms with E-state index in [1.54, 1.807) is 14.0 Å². The van der Waals surface area contributed by atoms with E-state index in [1.807, 2.05) is 0 Å². The molecule has 29 heavy (non-hydrogen) atoms. The van der Waals surface area contributed by atoms with E-state index in [9.17, 15) is 14.4 Å². The summed E-state index contributed by atoms with van der Waals surface area (Å²) < 4.78 is 6.97. The normalized spacial score (nSPS) is 24.0. The second-order valence-electron chi connectivity index (χ2n) is 8.49. The molecule has 3 heterocycles. The Morgan fingerprint density at radius 3 is 2.79 bits per heavy atom. The summed E-state index contributed by atoms with van der Waals surface area (Å²) in [5.41, 5.74) is -0.593. The second kappa shape index (κ2) is 8.52. The van der Waals surface area contributed by atoms with Gasteiger partial charge in [-0.3, -0.25) is 19.1 Å². The molecular weight excluding hydrogens is 374 g/mol. The van der Waals surface area contributed by atoms with Crippen LogP contribution in [0.25, 0.3) is 0 Å². The van der Waals surface area contributed by atoms with E-state index < -0.39 is 5.54 Å². The average Bonchev–Trinajstić information content (AvgIpc) is 3.33. The van der Waals surface area contributed by atoms with Crippen molar-refractivity contribution in [2.24, 2.45) is 5.92 Å². The lowest BCUT2D eigenvalue weighted by Crippen LogP contribution is -2.62. The summed E-state index contributed by atoms with van der Waals surface area (Å²) in [7, 11) is 1.61. The Hall–Kier alpha value is -2.42. The Morgan fingerprint density at radius 2 is 2.14 bits per heavy atom. The third-order valence-corrected chi connectivity index (χ3v) is 5.74. The summed E-state index contributed by atoms with van der Waals surface area (Å²) in [5, 5.41) is 10.0. The van der Waals surface area contributed by atoms with Gasteiger partial charge in [-0.2, -0.15) is 5.10 Å². The highest BCUT2D eigenvalue weighted by atomic mass is 16.5. The Morgan fingerprint density at radius 1 is 1.38 bits per heavy atom. The van der Waals surface area contributed by atoms with Gasteiger partial charge in [0.2, 0.25) is 5.91 Å². The first-order valence-corrected chi connectivity index (χ1v) is 10.3. The quantitative estimate of drug-likeness (QED) is 0.698. The fourth-order valence-corrected chi connectivity index (χ4v) is 3.61. The molecule has 1 saturated heterocycles. The van der Waals surface area contributed by atoms with Crippen LogP contribution in [0, 0.1) is 5.92 Å². The van der Waals surface area contributed by atoms with Gasteiger partial charge in [-0.1, -0.05) is 13.8 Å². The van der Waals surface area contributed by atoms with E-state index in [4.69, 9.17) is 4.74 Å². The lowest BCUT2D eigenvalue weighted by molar-refractivity contribution is -0.132. The van der Waals surface area contributed by atoms with Gasteiger partial charge in [0.05, 0.1) is 12.6 Å². The lowest BCUT2D eigenvalue weighted by Gasteiger charge is -2.40. The number of ether oxygens (including phenoxy) is 1. The number of likely N-dealkylation sites (N-methyl/N-ethyl adjacent to an activating group) is 1. The monoisotopic (exact) mass is 405 g/mol. The van der Waals surface area contributed by atoms with Crippen molar-refractivity contribution in [1.29, 1.82) is 0 Å². The first-order chi connectivity index (χ1) is 13.7. The van der Waals surface area contributed by atoms with Crippen LogP contribution in [0.5, 0.6) is 0 Å². The molecule has 2 aliphatic heterocycles. The van der Waals surface area contributed by atoms with Crippen molar-refractivity contribution in [3.8, 4) is 0 Å². The maximum Gasteiger partial charge on any atom is 0.272 e. The molecule has 0 spiro atoms. The number of amides is 3. The molecule has 3 rings (SSSR count). The summed E-state index contributed by atoms with van der Waals surface area (Å²) in [6.45, 7) is 7.78. The summed E-state index contributed by atoms with van der Waals surface area (Å²) >= 11 is 0. The number of hydrogen-bond acceptors (Lipinski definition) is 5. The van der Waals surface area contributed by atoms with E-state index in [2.05, 4.69) is 29.6 Å². The lowest BCUT2D eigenvalue weighted by atomic mass is 9.95. The summed E-state index contributed by atoms with van der Waals surface area (Å²) in [4.78, 5) is 39.6. The predicted molar refractivity (Wildman–Crippen MR) is 106 cm³/mol. The third-order valence-electron chi connectivity index (χ3n) is 5.74. The van der Waals surface area contributed by atoms with Crippen LogP contribution < -0.4 is 10.6 Å². The first-order valence-electron chi connectivity index (χ1n) is 10.3. The number of nitrogens with one attached hydrogen (secondary N) is 2. The van der Waals surface area contributed by atoms with Gasteiger partial charge in [0, 0.05) is 32.8 Å². The number of aromatic nitrogens is 2. The van der Waals surface area contributed by atoms with Crippen molar-refractivity contribution >= 4 is 17.7 Å². The number of fused-ring (bicyclic) bond motifs is 1. The van der Waals surface area contributed by atoms with E-state index >= 15 is 0 Å². The molecular formula is C20H31N5O4. The van der Waals surface area contributed by atoms with Crippen LogP contribution in [0.4, 0.5) is 0 Å². The molecule has 0 bridgehead atoms. The topological polar surface area (TPSA) is 106 Å². The molecule has 160 valence electrons. The minimum Gasteiger partial charge on any atom is -0.376 e. The smallest absolute Gasteiger partial charge is 0.272 e.